The number of anilines is 1. The Kier molecular flexibility index (Phi) is 11.0. The minimum absolute atomic E-state index is 0.247. The number of aromatic nitrogens is 1. The van der Waals surface area contributed by atoms with Gasteiger partial charge in [0.15, 0.2) is 0 Å². The molecule has 2 unspecified atom stereocenters. The SMILES string of the molecule is CCC[CH2][Sn]([CH2]CCC)([CH2]CCC)[c]1cccc2c(OC)c(-c3ccc(N4CC(C)OC(C)C4)cc3)cnc12. The number of benzene rings is 2. The summed E-state index contributed by atoms with van der Waals surface area (Å²) in [4.78, 5) is 7.66. The summed E-state index contributed by atoms with van der Waals surface area (Å²) in [7, 11) is 1.82. The van der Waals surface area contributed by atoms with Crippen LogP contribution in [0.15, 0.2) is 48.7 Å². The summed E-state index contributed by atoms with van der Waals surface area (Å²) in [6, 6.07) is 15.9. The van der Waals surface area contributed by atoms with Crippen LogP contribution >= 0.6 is 0 Å². The van der Waals surface area contributed by atoms with Crippen LogP contribution in [-0.2, 0) is 4.74 Å². The molecule has 4 rings (SSSR count). The Morgan fingerprint density at radius 3 is 2.00 bits per heavy atom. The zero-order chi connectivity index (χ0) is 27.8. The molecule has 1 aliphatic heterocycles. The van der Waals surface area contributed by atoms with E-state index in [4.69, 9.17) is 14.5 Å². The molecule has 0 amide bonds. The normalized spacial score (nSPS) is 18.1. The van der Waals surface area contributed by atoms with Gasteiger partial charge in [0.25, 0.3) is 0 Å². The molecule has 1 fully saturated rings. The number of rotatable bonds is 13. The first-order valence-corrected chi connectivity index (χ1v) is 22.9. The van der Waals surface area contributed by atoms with Gasteiger partial charge in [-0.05, 0) is 13.8 Å². The molecule has 0 spiro atoms. The van der Waals surface area contributed by atoms with Crippen molar-refractivity contribution in [2.24, 2.45) is 0 Å². The molecule has 0 aliphatic carbocycles. The Balaban J connectivity index is 1.75. The van der Waals surface area contributed by atoms with E-state index in [0.29, 0.717) is 0 Å². The van der Waals surface area contributed by atoms with Gasteiger partial charge in [0.2, 0.25) is 0 Å². The van der Waals surface area contributed by atoms with Crippen LogP contribution in [0, 0.1) is 0 Å². The monoisotopic (exact) mass is 638 g/mol. The van der Waals surface area contributed by atoms with Gasteiger partial charge in [0, 0.05) is 0 Å². The van der Waals surface area contributed by atoms with Gasteiger partial charge < -0.3 is 4.74 Å². The maximum absolute atomic E-state index is 6.16. The summed E-state index contributed by atoms with van der Waals surface area (Å²) in [5, 5.41) is 1.18. The topological polar surface area (TPSA) is 34.6 Å². The Bertz CT molecular complexity index is 1160. The van der Waals surface area contributed by atoms with Crippen molar-refractivity contribution in [3.8, 4) is 16.9 Å². The molecule has 2 heterocycles. The molecule has 1 aliphatic rings. The molecule has 212 valence electrons. The summed E-state index contributed by atoms with van der Waals surface area (Å²) < 4.78 is 18.0. The van der Waals surface area contributed by atoms with E-state index >= 15 is 0 Å². The molecule has 1 aromatic heterocycles. The van der Waals surface area contributed by atoms with E-state index in [1.54, 1.807) is 3.58 Å². The Labute approximate surface area is 241 Å². The Hall–Kier alpha value is -1.79. The number of para-hydroxylation sites is 1. The van der Waals surface area contributed by atoms with Crippen molar-refractivity contribution in [1.29, 1.82) is 0 Å². The molecule has 0 radical (unpaired) electrons. The van der Waals surface area contributed by atoms with Gasteiger partial charge in [-0.25, -0.2) is 0 Å². The fourth-order valence-corrected chi connectivity index (χ4v) is 23.2. The number of unbranched alkanes of at least 4 members (excludes halogenated alkanes) is 3. The summed E-state index contributed by atoms with van der Waals surface area (Å²) in [6.45, 7) is 13.2. The zero-order valence-corrected chi connectivity index (χ0v) is 28.1. The first-order chi connectivity index (χ1) is 19.0. The van der Waals surface area contributed by atoms with Crippen molar-refractivity contribution >= 4 is 38.5 Å². The van der Waals surface area contributed by atoms with Crippen LogP contribution in [-0.4, -0.2) is 55.8 Å². The predicted octanol–water partition coefficient (Wildman–Crippen LogP) is 8.58. The molecule has 39 heavy (non-hydrogen) atoms. The minimum atomic E-state index is -2.67. The van der Waals surface area contributed by atoms with Gasteiger partial charge >= 0.3 is 224 Å². The maximum atomic E-state index is 6.16. The first kappa shape index (κ1) is 30.2. The predicted molar refractivity (Wildman–Crippen MR) is 170 cm³/mol. The number of pyridine rings is 1. The standard InChI is InChI=1S/C22H23N2O2.3C4H9.Sn/c1-15-13-24(14-16(2)26-15)18-10-8-17(9-11-18)20-12-23-21-7-5-4-6-19(21)22(20)25-3;3*1-3-4-2;/h4-6,8-12,15-16H,13-14H2,1-3H3;3*1,3-4H2,2H3;. The quantitative estimate of drug-likeness (QED) is 0.176. The van der Waals surface area contributed by atoms with E-state index in [2.05, 4.69) is 88.2 Å². The molecule has 0 saturated carbocycles. The van der Waals surface area contributed by atoms with E-state index < -0.39 is 18.4 Å². The van der Waals surface area contributed by atoms with Gasteiger partial charge in [-0.2, -0.15) is 0 Å². The number of hydrogen-bond donors (Lipinski definition) is 0. The van der Waals surface area contributed by atoms with Crippen LogP contribution in [0.1, 0.15) is 73.1 Å². The second-order valence-corrected chi connectivity index (χ2v) is 24.8. The third-order valence-corrected chi connectivity index (χ3v) is 24.2. The van der Waals surface area contributed by atoms with Crippen molar-refractivity contribution in [1.82, 2.24) is 4.98 Å². The number of ether oxygens (including phenoxy) is 2. The number of fused-ring (bicyclic) bond motifs is 1. The van der Waals surface area contributed by atoms with Crippen LogP contribution < -0.4 is 13.2 Å². The van der Waals surface area contributed by atoms with Crippen LogP contribution in [0.25, 0.3) is 22.0 Å². The van der Waals surface area contributed by atoms with Gasteiger partial charge in [0.1, 0.15) is 0 Å². The number of hydrogen-bond acceptors (Lipinski definition) is 4. The van der Waals surface area contributed by atoms with Crippen LogP contribution in [0.4, 0.5) is 5.69 Å². The fourth-order valence-electron chi connectivity index (χ4n) is 6.62. The summed E-state index contributed by atoms with van der Waals surface area (Å²) in [6.07, 6.45) is 10.5. The van der Waals surface area contributed by atoms with Crippen molar-refractivity contribution < 1.29 is 9.47 Å². The van der Waals surface area contributed by atoms with Crippen LogP contribution in [0.3, 0.4) is 0 Å². The molecule has 3 aromatic rings. The third kappa shape index (κ3) is 6.93. The molecule has 4 nitrogen and oxygen atoms in total. The average Bonchev–Trinajstić information content (AvgIpc) is 2.95. The van der Waals surface area contributed by atoms with E-state index in [0.717, 1.165) is 30.0 Å². The van der Waals surface area contributed by atoms with Crippen molar-refractivity contribution in [3.63, 3.8) is 0 Å². The van der Waals surface area contributed by atoms with E-state index in [9.17, 15) is 0 Å². The Morgan fingerprint density at radius 1 is 0.872 bits per heavy atom. The molecule has 0 bridgehead atoms. The fraction of sp³-hybridized carbons (Fsp3) is 0.559. The molecular weight excluding hydrogens is 587 g/mol. The molecule has 2 aromatic carbocycles. The summed E-state index contributed by atoms with van der Waals surface area (Å²) in [5.41, 5.74) is 4.69. The summed E-state index contributed by atoms with van der Waals surface area (Å²) >= 11 is -2.67. The van der Waals surface area contributed by atoms with Gasteiger partial charge in [0.05, 0.1) is 0 Å². The molecular formula is C34H50N2O2Sn. The van der Waals surface area contributed by atoms with E-state index in [1.807, 2.05) is 7.11 Å². The van der Waals surface area contributed by atoms with Crippen LogP contribution in [0.2, 0.25) is 13.3 Å². The van der Waals surface area contributed by atoms with Crippen molar-refractivity contribution in [3.05, 3.63) is 48.7 Å². The van der Waals surface area contributed by atoms with Crippen molar-refractivity contribution in [2.75, 3.05) is 25.1 Å². The van der Waals surface area contributed by atoms with Crippen LogP contribution in [0.5, 0.6) is 5.75 Å². The van der Waals surface area contributed by atoms with Gasteiger partial charge in [-0.3, -0.25) is 0 Å². The van der Waals surface area contributed by atoms with Crippen molar-refractivity contribution in [2.45, 2.75) is 98.7 Å². The third-order valence-electron chi connectivity index (χ3n) is 8.61. The zero-order valence-electron chi connectivity index (χ0n) is 25.3. The molecule has 1 saturated heterocycles. The molecule has 5 heteroatoms. The summed E-state index contributed by atoms with van der Waals surface area (Å²) in [5.74, 6) is 0.963. The van der Waals surface area contributed by atoms with Gasteiger partial charge in [-0.1, -0.05) is 0 Å². The average molecular weight is 637 g/mol. The Morgan fingerprint density at radius 2 is 1.46 bits per heavy atom. The molecule has 2 atom stereocenters. The second kappa shape index (κ2) is 14.2. The molecule has 0 N–H and O–H groups in total. The van der Waals surface area contributed by atoms with E-state index in [1.165, 1.54) is 68.4 Å². The number of methoxy groups -OCH3 is 1. The van der Waals surface area contributed by atoms with E-state index in [-0.39, 0.29) is 12.2 Å². The van der Waals surface area contributed by atoms with Gasteiger partial charge in [-0.15, -0.1) is 0 Å². The number of nitrogens with zero attached hydrogens (tertiary/aromatic N) is 2. The number of morpholine rings is 1. The first-order valence-electron chi connectivity index (χ1n) is 15.4. The second-order valence-electron chi connectivity index (χ2n) is 11.7.